The Morgan fingerprint density at radius 1 is 0.939 bits per heavy atom. The Morgan fingerprint density at radius 3 is 2.24 bits per heavy atom. The number of aromatic amines is 1. The molecule has 2 aromatic heterocycles. The van der Waals surface area contributed by atoms with Gasteiger partial charge in [-0.2, -0.15) is 0 Å². The number of hydrogen-bond acceptors (Lipinski definition) is 5. The fourth-order valence-electron chi connectivity index (χ4n) is 3.08. The van der Waals surface area contributed by atoms with E-state index in [1.54, 1.807) is 10.8 Å². The molecule has 2 aromatic carbocycles. The molecular formula is C20H11F5N4O3S. The molecule has 0 amide bonds. The summed E-state index contributed by atoms with van der Waals surface area (Å²) in [4.78, 5) is 21.6. The number of fused-ring (bicyclic) bond motifs is 1. The second-order valence-corrected chi connectivity index (χ2v) is 8.44. The molecule has 0 aliphatic rings. The zero-order valence-corrected chi connectivity index (χ0v) is 17.2. The minimum Gasteiger partial charge on any atom is -0.346 e. The van der Waals surface area contributed by atoms with E-state index < -0.39 is 49.8 Å². The highest BCUT2D eigenvalue weighted by molar-refractivity contribution is 7.92. The van der Waals surface area contributed by atoms with Crippen LogP contribution in [-0.4, -0.2) is 29.2 Å². The average molecular weight is 482 g/mol. The lowest BCUT2D eigenvalue weighted by Crippen LogP contribution is -2.20. The average Bonchev–Trinajstić information content (AvgIpc) is 3.26. The third-order valence-corrected chi connectivity index (χ3v) is 6.14. The highest BCUT2D eigenvalue weighted by Crippen LogP contribution is 2.29. The zero-order valence-electron chi connectivity index (χ0n) is 16.4. The smallest absolute Gasteiger partial charge is 0.268 e. The van der Waals surface area contributed by atoms with Crippen molar-refractivity contribution in [2.45, 2.75) is 11.8 Å². The Bertz CT molecular complexity index is 1520. The Kier molecular flexibility index (Phi) is 5.36. The number of nitrogens with one attached hydrogen (secondary N) is 2. The molecule has 170 valence electrons. The molecular weight excluding hydrogens is 471 g/mol. The molecule has 4 aromatic rings. The topological polar surface area (TPSA) is 105 Å². The molecule has 33 heavy (non-hydrogen) atoms. The third kappa shape index (κ3) is 3.69. The van der Waals surface area contributed by atoms with Gasteiger partial charge >= 0.3 is 0 Å². The van der Waals surface area contributed by atoms with Gasteiger partial charge in [0.2, 0.25) is 11.6 Å². The molecule has 0 aliphatic carbocycles. The predicted octanol–water partition coefficient (Wildman–Crippen LogP) is 3.99. The highest BCUT2D eigenvalue weighted by atomic mass is 32.2. The van der Waals surface area contributed by atoms with E-state index >= 15 is 0 Å². The first-order valence-corrected chi connectivity index (χ1v) is 10.5. The van der Waals surface area contributed by atoms with Gasteiger partial charge in [-0.1, -0.05) is 12.1 Å². The van der Waals surface area contributed by atoms with Crippen molar-refractivity contribution in [3.05, 3.63) is 82.7 Å². The van der Waals surface area contributed by atoms with Crippen LogP contribution in [0.1, 0.15) is 21.6 Å². The molecule has 2 heterocycles. The molecule has 0 spiro atoms. The number of halogens is 5. The SMILES string of the molecule is Cc1ccc(C(=O)c2ncnc3[nH]ccc23)cc1NS(=O)(=O)c1c(F)c(F)c(F)c(F)c1F. The number of H-pyrrole nitrogens is 1. The van der Waals surface area contributed by atoms with Gasteiger partial charge in [-0.05, 0) is 24.6 Å². The molecule has 0 aliphatic heterocycles. The monoisotopic (exact) mass is 482 g/mol. The number of anilines is 1. The molecule has 0 radical (unpaired) electrons. The lowest BCUT2D eigenvalue weighted by Gasteiger charge is -2.14. The van der Waals surface area contributed by atoms with Crippen molar-refractivity contribution in [2.24, 2.45) is 0 Å². The fourth-order valence-corrected chi connectivity index (χ4v) is 4.34. The minimum absolute atomic E-state index is 0.00123. The van der Waals surface area contributed by atoms with E-state index in [9.17, 15) is 35.2 Å². The van der Waals surface area contributed by atoms with Crippen molar-refractivity contribution >= 4 is 32.5 Å². The van der Waals surface area contributed by atoms with Crippen LogP contribution in [0.4, 0.5) is 27.6 Å². The Labute approximate surface area is 182 Å². The van der Waals surface area contributed by atoms with Gasteiger partial charge in [0, 0.05) is 17.1 Å². The molecule has 7 nitrogen and oxygen atoms in total. The van der Waals surface area contributed by atoms with Crippen LogP contribution in [0.5, 0.6) is 0 Å². The van der Waals surface area contributed by atoms with Crippen molar-refractivity contribution in [1.82, 2.24) is 15.0 Å². The summed E-state index contributed by atoms with van der Waals surface area (Å²) in [5, 5.41) is 0.395. The summed E-state index contributed by atoms with van der Waals surface area (Å²) >= 11 is 0. The number of aromatic nitrogens is 3. The molecule has 0 bridgehead atoms. The number of nitrogens with zero attached hydrogens (tertiary/aromatic N) is 2. The summed E-state index contributed by atoms with van der Waals surface area (Å²) in [5.74, 6) is -13.0. The number of carbonyl (C=O) groups is 1. The van der Waals surface area contributed by atoms with Crippen LogP contribution < -0.4 is 4.72 Å². The summed E-state index contributed by atoms with van der Waals surface area (Å²) in [6.07, 6.45) is 2.68. The lowest BCUT2D eigenvalue weighted by atomic mass is 10.0. The van der Waals surface area contributed by atoms with Gasteiger partial charge < -0.3 is 4.98 Å². The molecule has 0 unspecified atom stereocenters. The maximum absolute atomic E-state index is 14.0. The molecule has 2 N–H and O–H groups in total. The zero-order chi connectivity index (χ0) is 24.1. The van der Waals surface area contributed by atoms with Gasteiger partial charge in [0.05, 0.1) is 5.69 Å². The Balaban J connectivity index is 1.77. The first kappa shape index (κ1) is 22.3. The van der Waals surface area contributed by atoms with E-state index in [0.29, 0.717) is 11.0 Å². The van der Waals surface area contributed by atoms with Gasteiger partial charge in [-0.25, -0.2) is 40.3 Å². The largest absolute Gasteiger partial charge is 0.346 e. The molecule has 0 atom stereocenters. The van der Waals surface area contributed by atoms with Gasteiger partial charge in [0.25, 0.3) is 10.0 Å². The number of ketones is 1. The van der Waals surface area contributed by atoms with Gasteiger partial charge in [0.1, 0.15) is 17.7 Å². The summed E-state index contributed by atoms with van der Waals surface area (Å²) in [5.41, 5.74) is 0.209. The van der Waals surface area contributed by atoms with Crippen LogP contribution in [0.2, 0.25) is 0 Å². The van der Waals surface area contributed by atoms with Crippen molar-refractivity contribution in [2.75, 3.05) is 4.72 Å². The second-order valence-electron chi connectivity index (χ2n) is 6.83. The van der Waals surface area contributed by atoms with Gasteiger partial charge in [-0.15, -0.1) is 0 Å². The van der Waals surface area contributed by atoms with E-state index in [-0.39, 0.29) is 22.5 Å². The Hall–Kier alpha value is -3.87. The molecule has 0 saturated heterocycles. The second kappa shape index (κ2) is 7.92. The normalized spacial score (nSPS) is 11.7. The van der Waals surface area contributed by atoms with Crippen LogP contribution in [-0.2, 0) is 10.0 Å². The van der Waals surface area contributed by atoms with Gasteiger partial charge in [0.15, 0.2) is 28.2 Å². The van der Waals surface area contributed by atoms with Gasteiger partial charge in [-0.3, -0.25) is 9.52 Å². The van der Waals surface area contributed by atoms with E-state index in [0.717, 1.165) is 12.4 Å². The number of rotatable bonds is 5. The number of benzene rings is 2. The summed E-state index contributed by atoms with van der Waals surface area (Å²) in [6, 6.07) is 5.30. The van der Waals surface area contributed by atoms with E-state index in [1.807, 2.05) is 0 Å². The first-order valence-electron chi connectivity index (χ1n) is 9.00. The van der Waals surface area contributed by atoms with Crippen LogP contribution in [0.15, 0.2) is 41.7 Å². The predicted molar refractivity (Wildman–Crippen MR) is 106 cm³/mol. The van der Waals surface area contributed by atoms with Crippen LogP contribution >= 0.6 is 0 Å². The van der Waals surface area contributed by atoms with Crippen LogP contribution in [0, 0.1) is 36.0 Å². The molecule has 13 heteroatoms. The molecule has 4 rings (SSSR count). The third-order valence-electron chi connectivity index (χ3n) is 4.75. The lowest BCUT2D eigenvalue weighted by molar-refractivity contribution is 0.103. The summed E-state index contributed by atoms with van der Waals surface area (Å²) < 4.78 is 95.2. The van der Waals surface area contributed by atoms with E-state index in [2.05, 4.69) is 15.0 Å². The van der Waals surface area contributed by atoms with Crippen molar-refractivity contribution in [3.63, 3.8) is 0 Å². The quantitative estimate of drug-likeness (QED) is 0.194. The van der Waals surface area contributed by atoms with Crippen molar-refractivity contribution in [3.8, 4) is 0 Å². The molecule has 0 saturated carbocycles. The minimum atomic E-state index is -5.28. The van der Waals surface area contributed by atoms with Crippen LogP contribution in [0.3, 0.4) is 0 Å². The maximum Gasteiger partial charge on any atom is 0.268 e. The van der Waals surface area contributed by atoms with E-state index in [4.69, 9.17) is 0 Å². The molecule has 0 fully saturated rings. The van der Waals surface area contributed by atoms with Crippen LogP contribution in [0.25, 0.3) is 11.0 Å². The summed E-state index contributed by atoms with van der Waals surface area (Å²) in [7, 11) is -5.28. The number of carbonyl (C=O) groups excluding carboxylic acids is 1. The van der Waals surface area contributed by atoms with E-state index in [1.165, 1.54) is 25.3 Å². The number of hydrogen-bond donors (Lipinski definition) is 2. The van der Waals surface area contributed by atoms with Crippen molar-refractivity contribution in [1.29, 1.82) is 0 Å². The number of sulfonamides is 1. The van der Waals surface area contributed by atoms with Crippen molar-refractivity contribution < 1.29 is 35.2 Å². The standard InChI is InChI=1S/C20H11F5N4O3S/c1-8-2-3-9(18(30)17-10-4-5-26-20(10)28-7-27-17)6-11(8)29-33(31,32)19-15(24)13(22)12(21)14(23)16(19)25/h2-7,29H,1H3,(H,26,27,28). The fraction of sp³-hybridized carbons (Fsp3) is 0.0500. The maximum atomic E-state index is 14.0. The highest BCUT2D eigenvalue weighted by Gasteiger charge is 2.34. The summed E-state index contributed by atoms with van der Waals surface area (Å²) in [6.45, 7) is 1.40. The first-order chi connectivity index (χ1) is 15.5. The number of aryl methyl sites for hydroxylation is 1. The Morgan fingerprint density at radius 2 is 1.58 bits per heavy atom.